The van der Waals surface area contributed by atoms with Crippen molar-refractivity contribution >= 4 is 53.2 Å². The van der Waals surface area contributed by atoms with Crippen LogP contribution in [0, 0.1) is 35.5 Å². The van der Waals surface area contributed by atoms with Crippen LogP contribution in [0.2, 0.25) is 0 Å². The Kier molecular flexibility index (Phi) is 23.9. The number of nitrogens with zero attached hydrogens (tertiary/aromatic N) is 5. The number of fused-ring (bicyclic) bond motifs is 1. The lowest BCUT2D eigenvalue weighted by atomic mass is 9.94. The van der Waals surface area contributed by atoms with Gasteiger partial charge >= 0.3 is 5.97 Å². The van der Waals surface area contributed by atoms with E-state index in [0.29, 0.717) is 24.8 Å². The fourth-order valence-corrected chi connectivity index (χ4v) is 10.9. The van der Waals surface area contributed by atoms with Gasteiger partial charge in [0.05, 0.1) is 0 Å². The molecule has 432 valence electrons. The number of rotatable bonds is 13. The van der Waals surface area contributed by atoms with Crippen LogP contribution in [0.15, 0.2) is 60.7 Å². The van der Waals surface area contributed by atoms with E-state index >= 15 is 9.59 Å². The second-order valence-corrected chi connectivity index (χ2v) is 23.3. The number of ether oxygens (including phenoxy) is 1. The minimum atomic E-state index is -1.40. The molecule has 11 atom stereocenters. The molecule has 0 bridgehead atoms. The summed E-state index contributed by atoms with van der Waals surface area (Å²) < 4.78 is 6.19. The summed E-state index contributed by atoms with van der Waals surface area (Å²) in [5.41, 5.74) is 1.46. The number of likely N-dealkylation sites (N-methyl/N-ethyl adjacent to an activating group) is 4. The minimum Gasteiger partial charge on any atom is -0.450 e. The molecule has 2 fully saturated rings. The van der Waals surface area contributed by atoms with Gasteiger partial charge < -0.3 is 45.2 Å². The molecule has 2 aromatic rings. The summed E-state index contributed by atoms with van der Waals surface area (Å²) in [4.78, 5) is 141. The molecule has 18 nitrogen and oxygen atoms in total. The van der Waals surface area contributed by atoms with Crippen LogP contribution in [0.4, 0.5) is 0 Å². The summed E-state index contributed by atoms with van der Waals surface area (Å²) in [5.74, 6) is -8.18. The number of nitrogens with one attached hydrogen (secondary N) is 3. The summed E-state index contributed by atoms with van der Waals surface area (Å²) in [5, 5.41) is 8.90. The molecule has 2 aromatic carbocycles. The van der Waals surface area contributed by atoms with E-state index in [-0.39, 0.29) is 38.1 Å². The van der Waals surface area contributed by atoms with Gasteiger partial charge in [0.25, 0.3) is 5.91 Å². The Bertz CT molecular complexity index is 2380. The molecule has 3 N–H and O–H groups in total. The van der Waals surface area contributed by atoms with Crippen molar-refractivity contribution in [3.63, 3.8) is 0 Å². The maximum Gasteiger partial charge on any atom is 0.329 e. The van der Waals surface area contributed by atoms with Gasteiger partial charge in [0.1, 0.15) is 48.3 Å². The van der Waals surface area contributed by atoms with Gasteiger partial charge in [-0.2, -0.15) is 0 Å². The van der Waals surface area contributed by atoms with Crippen molar-refractivity contribution in [1.82, 2.24) is 40.4 Å². The van der Waals surface area contributed by atoms with Gasteiger partial charge in [-0.05, 0) is 66.4 Å². The number of hydrogen-bond acceptors (Lipinski definition) is 10. The van der Waals surface area contributed by atoms with Gasteiger partial charge in [0.2, 0.25) is 41.4 Å². The number of benzene rings is 2. The maximum atomic E-state index is 15.3. The van der Waals surface area contributed by atoms with Gasteiger partial charge in [-0.25, -0.2) is 4.79 Å². The average Bonchev–Trinajstić information content (AvgIpc) is 3.91. The third kappa shape index (κ3) is 15.9. The highest BCUT2D eigenvalue weighted by Crippen LogP contribution is 2.27. The number of carbonyl (C=O) groups excluding carboxylic acids is 9. The van der Waals surface area contributed by atoms with Gasteiger partial charge in [0, 0.05) is 53.5 Å². The number of carbonyl (C=O) groups is 9. The van der Waals surface area contributed by atoms with Gasteiger partial charge in [-0.1, -0.05) is 150 Å². The molecule has 0 spiro atoms. The monoisotopic (exact) mass is 1080 g/mol. The van der Waals surface area contributed by atoms with E-state index in [1.54, 1.807) is 48.5 Å². The van der Waals surface area contributed by atoms with Gasteiger partial charge in [0.15, 0.2) is 6.10 Å². The summed E-state index contributed by atoms with van der Waals surface area (Å²) in [7, 11) is 5.92. The highest BCUT2D eigenvalue weighted by atomic mass is 16.6. The van der Waals surface area contributed by atoms with Crippen molar-refractivity contribution in [1.29, 1.82) is 0 Å². The Morgan fingerprint density at radius 3 is 1.46 bits per heavy atom. The second kappa shape index (κ2) is 29.0. The van der Waals surface area contributed by atoms with Crippen LogP contribution in [-0.4, -0.2) is 167 Å². The molecule has 0 radical (unpaired) electrons. The zero-order chi connectivity index (χ0) is 58.5. The largest absolute Gasteiger partial charge is 0.450 e. The summed E-state index contributed by atoms with van der Waals surface area (Å²) in [6.07, 6.45) is 0.484. The molecule has 0 unspecified atom stereocenters. The highest BCUT2D eigenvalue weighted by molar-refractivity contribution is 5.99. The molecular formula is C60H92N8O10. The molecule has 2 aliphatic rings. The highest BCUT2D eigenvalue weighted by Gasteiger charge is 2.46. The Morgan fingerprint density at radius 1 is 0.513 bits per heavy atom. The molecule has 0 aliphatic carbocycles. The van der Waals surface area contributed by atoms with Crippen LogP contribution >= 0.6 is 0 Å². The third-order valence-electron chi connectivity index (χ3n) is 15.8. The lowest BCUT2D eigenvalue weighted by molar-refractivity contribution is -0.172. The van der Waals surface area contributed by atoms with E-state index < -0.39 is 137 Å². The molecule has 0 aromatic heterocycles. The Balaban J connectivity index is 1.96. The van der Waals surface area contributed by atoms with Crippen molar-refractivity contribution in [2.45, 2.75) is 182 Å². The number of esters is 1. The first kappa shape index (κ1) is 64.2. The van der Waals surface area contributed by atoms with Crippen LogP contribution in [0.5, 0.6) is 0 Å². The number of hydrogen-bond donors (Lipinski definition) is 3. The van der Waals surface area contributed by atoms with Crippen LogP contribution in [-0.2, 0) is 60.7 Å². The lowest BCUT2D eigenvalue weighted by Crippen LogP contribution is -2.62. The zero-order valence-corrected chi connectivity index (χ0v) is 49.4. The molecule has 18 heteroatoms. The SMILES string of the molecule is CC[C@H](C)[C@@H]1NC(=O)[C@H]2CCCN2C(=O)[C@@H](Cc2ccccc2)N(C)C(=O)[C@@H](Cc2ccccc2)NC(=O)[C@@H](C(C)C)N(C)C(=O)[C@H]([C@@H](C)CC)OC(=O)[C@@H](C(C)C)N(C)C(=O)[C@H](CC(C)C)NC(=O)[C@H](C(C)C)N(C)C1=O. The third-order valence-corrected chi connectivity index (χ3v) is 15.8. The Labute approximate surface area is 464 Å². The summed E-state index contributed by atoms with van der Waals surface area (Å²) in [6.45, 7) is 21.9. The number of cyclic esters (lactones) is 1. The summed E-state index contributed by atoms with van der Waals surface area (Å²) in [6, 6.07) is 9.08. The number of amides is 8. The predicted octanol–water partition coefficient (Wildman–Crippen LogP) is 5.26. The zero-order valence-electron chi connectivity index (χ0n) is 49.4. The first-order valence-corrected chi connectivity index (χ1v) is 28.2. The molecule has 8 amide bonds. The van der Waals surface area contributed by atoms with Crippen molar-refractivity contribution in [2.75, 3.05) is 34.7 Å². The molecule has 2 aliphatic heterocycles. The molecule has 4 rings (SSSR count). The smallest absolute Gasteiger partial charge is 0.329 e. The van der Waals surface area contributed by atoms with Crippen molar-refractivity contribution in [3.05, 3.63) is 71.8 Å². The van der Waals surface area contributed by atoms with E-state index in [1.165, 1.54) is 52.7 Å². The van der Waals surface area contributed by atoms with Crippen LogP contribution in [0.25, 0.3) is 0 Å². The topological polar surface area (TPSA) is 215 Å². The van der Waals surface area contributed by atoms with Gasteiger partial charge in [-0.15, -0.1) is 0 Å². The molecule has 78 heavy (non-hydrogen) atoms. The van der Waals surface area contributed by atoms with E-state index in [9.17, 15) is 33.6 Å². The Hall–Kier alpha value is -6.33. The Morgan fingerprint density at radius 2 is 0.974 bits per heavy atom. The van der Waals surface area contributed by atoms with E-state index in [0.717, 1.165) is 5.56 Å². The quantitative estimate of drug-likeness (QED) is 0.222. The van der Waals surface area contributed by atoms with Crippen molar-refractivity contribution in [3.8, 4) is 0 Å². The van der Waals surface area contributed by atoms with E-state index in [2.05, 4.69) is 16.0 Å². The molecular weight excluding hydrogens is 993 g/mol. The molecule has 2 saturated heterocycles. The second-order valence-electron chi connectivity index (χ2n) is 23.3. The van der Waals surface area contributed by atoms with Crippen molar-refractivity contribution in [2.24, 2.45) is 35.5 Å². The minimum absolute atomic E-state index is 0.0193. The van der Waals surface area contributed by atoms with E-state index in [1.807, 2.05) is 95.3 Å². The average molecular weight is 1090 g/mol. The molecule has 0 saturated carbocycles. The normalized spacial score (nSPS) is 26.5. The maximum absolute atomic E-state index is 15.3. The molecule has 2 heterocycles. The lowest BCUT2D eigenvalue weighted by Gasteiger charge is -2.38. The first-order chi connectivity index (χ1) is 36.7. The van der Waals surface area contributed by atoms with Crippen molar-refractivity contribution < 1.29 is 47.9 Å². The van der Waals surface area contributed by atoms with Crippen LogP contribution in [0.1, 0.15) is 126 Å². The predicted molar refractivity (Wildman–Crippen MR) is 300 cm³/mol. The fraction of sp³-hybridized carbons (Fsp3) is 0.650. The van der Waals surface area contributed by atoms with Crippen LogP contribution < -0.4 is 16.0 Å². The summed E-state index contributed by atoms with van der Waals surface area (Å²) >= 11 is 0. The fourth-order valence-electron chi connectivity index (χ4n) is 10.9. The van der Waals surface area contributed by atoms with Gasteiger partial charge in [-0.3, -0.25) is 38.4 Å². The standard InChI is InChI=1S/C60H92N8O10/c1-17-39(11)47-58(75)65(14)48(36(5)6)53(70)61-43(32-35(3)4)56(73)67(16)50(38(9)10)60(77)78-51(40(12)18-2)59(76)66(15)49(37(7)8)54(71)62-44(33-41-26-21-19-22-27-41)55(72)64(13)46(34-42-28-23-20-24-29-42)57(74)68-31-25-30-45(68)52(69)63-47/h19-24,26-29,35-40,43-51H,17-18,25,30-34H2,1-16H3,(H,61,70)(H,62,71)(H,63,69)/t39-,40-,43-,44+,45+,46+,47-,48-,49+,50+,51-/m0/s1. The van der Waals surface area contributed by atoms with E-state index in [4.69, 9.17) is 4.74 Å². The first-order valence-electron chi connectivity index (χ1n) is 28.2. The van der Waals surface area contributed by atoms with Crippen LogP contribution in [0.3, 0.4) is 0 Å².